The number of hydrogen-bond acceptors (Lipinski definition) is 7. The van der Waals surface area contributed by atoms with Crippen molar-refractivity contribution in [3.63, 3.8) is 0 Å². The summed E-state index contributed by atoms with van der Waals surface area (Å²) >= 11 is 0. The van der Waals surface area contributed by atoms with Gasteiger partial charge in [0.25, 0.3) is 5.91 Å². The molecule has 0 saturated carbocycles. The van der Waals surface area contributed by atoms with Crippen LogP contribution in [0.25, 0.3) is 0 Å². The van der Waals surface area contributed by atoms with Gasteiger partial charge in [0.2, 0.25) is 0 Å². The molecule has 1 amide bonds. The molecule has 0 N–H and O–H groups in total. The van der Waals surface area contributed by atoms with Crippen molar-refractivity contribution < 1.29 is 14.3 Å². The van der Waals surface area contributed by atoms with Crippen molar-refractivity contribution in [1.82, 2.24) is 25.1 Å². The van der Waals surface area contributed by atoms with Gasteiger partial charge >= 0.3 is 0 Å². The minimum atomic E-state index is 0.0122. The highest BCUT2D eigenvalue weighted by Crippen LogP contribution is 2.22. The molecule has 4 rings (SSSR count). The molecule has 1 aromatic heterocycles. The monoisotopic (exact) mass is 422 g/mol. The molecule has 162 valence electrons. The van der Waals surface area contributed by atoms with Crippen LogP contribution in [0.15, 0.2) is 48.5 Å². The molecule has 2 heterocycles. The van der Waals surface area contributed by atoms with E-state index in [-0.39, 0.29) is 12.5 Å². The predicted octanol–water partition coefficient (Wildman–Crippen LogP) is 2.24. The van der Waals surface area contributed by atoms with E-state index in [0.29, 0.717) is 36.8 Å². The molecule has 2 aromatic carbocycles. The molecular formula is C22H26N6O3. The van der Waals surface area contributed by atoms with E-state index in [1.807, 2.05) is 54.3 Å². The third kappa shape index (κ3) is 4.76. The Hall–Kier alpha value is -3.62. The predicted molar refractivity (Wildman–Crippen MR) is 115 cm³/mol. The first-order valence-electron chi connectivity index (χ1n) is 10.3. The lowest BCUT2D eigenvalue weighted by Gasteiger charge is -2.36. The summed E-state index contributed by atoms with van der Waals surface area (Å²) in [5.41, 5.74) is 1.75. The molecule has 0 unspecified atom stereocenters. The zero-order valence-corrected chi connectivity index (χ0v) is 17.8. The molecule has 3 aromatic rings. The van der Waals surface area contributed by atoms with Crippen LogP contribution < -0.4 is 14.4 Å². The van der Waals surface area contributed by atoms with Crippen LogP contribution in [0, 0.1) is 0 Å². The van der Waals surface area contributed by atoms with Crippen molar-refractivity contribution in [1.29, 1.82) is 0 Å². The minimum absolute atomic E-state index is 0.0122. The first-order valence-corrected chi connectivity index (χ1v) is 10.3. The van der Waals surface area contributed by atoms with Crippen LogP contribution in [-0.4, -0.2) is 64.3 Å². The molecule has 0 aliphatic carbocycles. The normalized spacial score (nSPS) is 13.9. The Morgan fingerprint density at radius 3 is 2.52 bits per heavy atom. The van der Waals surface area contributed by atoms with E-state index in [0.717, 1.165) is 24.5 Å². The summed E-state index contributed by atoms with van der Waals surface area (Å²) in [5.74, 6) is 2.12. The van der Waals surface area contributed by atoms with Gasteiger partial charge in [0.1, 0.15) is 18.1 Å². The molecule has 1 saturated heterocycles. The quantitative estimate of drug-likeness (QED) is 0.577. The number of hydrogen-bond donors (Lipinski definition) is 0. The molecule has 9 heteroatoms. The number of carbonyl (C=O) groups excluding carboxylic acids is 1. The smallest absolute Gasteiger partial charge is 0.254 e. The molecule has 0 bridgehead atoms. The van der Waals surface area contributed by atoms with Crippen LogP contribution in [0.3, 0.4) is 0 Å². The first kappa shape index (κ1) is 20.6. The fraction of sp³-hybridized carbons (Fsp3) is 0.364. The lowest BCUT2D eigenvalue weighted by atomic mass is 10.1. The summed E-state index contributed by atoms with van der Waals surface area (Å²) in [7, 11) is 1.66. The molecule has 1 fully saturated rings. The van der Waals surface area contributed by atoms with Crippen molar-refractivity contribution in [3.05, 3.63) is 59.9 Å². The molecule has 31 heavy (non-hydrogen) atoms. The lowest BCUT2D eigenvalue weighted by molar-refractivity contribution is 0.0746. The first-order chi connectivity index (χ1) is 15.2. The van der Waals surface area contributed by atoms with E-state index in [9.17, 15) is 4.79 Å². The minimum Gasteiger partial charge on any atom is -0.497 e. The Kier molecular flexibility index (Phi) is 6.30. The second-order valence-electron chi connectivity index (χ2n) is 7.20. The summed E-state index contributed by atoms with van der Waals surface area (Å²) in [6.07, 6.45) is 0. The van der Waals surface area contributed by atoms with Crippen LogP contribution in [0.4, 0.5) is 5.69 Å². The maximum absolute atomic E-state index is 13.0. The lowest BCUT2D eigenvalue weighted by Crippen LogP contribution is -2.48. The number of amides is 1. The Labute approximate surface area is 181 Å². The SMILES string of the molecule is CCn1nnnc1COc1cccc(C(=O)N2CCN(c3ccc(OC)cc3)CC2)c1. The summed E-state index contributed by atoms with van der Waals surface area (Å²) < 4.78 is 12.7. The number of anilines is 1. The number of tetrazole rings is 1. The summed E-state index contributed by atoms with van der Waals surface area (Å²) in [6, 6.07) is 15.3. The van der Waals surface area contributed by atoms with Crippen LogP contribution in [0.5, 0.6) is 11.5 Å². The molecule has 0 spiro atoms. The van der Waals surface area contributed by atoms with E-state index in [1.54, 1.807) is 17.9 Å². The van der Waals surface area contributed by atoms with Gasteiger partial charge in [0.15, 0.2) is 5.82 Å². The van der Waals surface area contributed by atoms with Crippen molar-refractivity contribution in [3.8, 4) is 11.5 Å². The van der Waals surface area contributed by atoms with Crippen molar-refractivity contribution in [2.75, 3.05) is 38.2 Å². The maximum Gasteiger partial charge on any atom is 0.254 e. The van der Waals surface area contributed by atoms with Crippen LogP contribution >= 0.6 is 0 Å². The standard InChI is InChI=1S/C22H26N6O3/c1-3-28-21(23-24-25-28)16-31-20-6-4-5-17(15-20)22(29)27-13-11-26(12-14-27)18-7-9-19(30-2)10-8-18/h4-10,15H,3,11-14,16H2,1-2H3. The number of benzene rings is 2. The third-order valence-corrected chi connectivity index (χ3v) is 5.36. The van der Waals surface area contributed by atoms with Gasteiger partial charge in [0.05, 0.1) is 7.11 Å². The summed E-state index contributed by atoms with van der Waals surface area (Å²) in [4.78, 5) is 17.2. The van der Waals surface area contributed by atoms with E-state index >= 15 is 0 Å². The molecule has 1 aliphatic rings. The van der Waals surface area contributed by atoms with Gasteiger partial charge in [-0.15, -0.1) is 5.10 Å². The zero-order chi connectivity index (χ0) is 21.6. The van der Waals surface area contributed by atoms with Gasteiger partial charge in [-0.05, 0) is 59.8 Å². The van der Waals surface area contributed by atoms with Gasteiger partial charge in [0, 0.05) is 44.0 Å². The number of rotatable bonds is 7. The number of nitrogens with zero attached hydrogens (tertiary/aromatic N) is 6. The Balaban J connectivity index is 1.34. The van der Waals surface area contributed by atoms with Crippen molar-refractivity contribution in [2.45, 2.75) is 20.1 Å². The molecule has 0 radical (unpaired) electrons. The van der Waals surface area contributed by atoms with Gasteiger partial charge in [-0.2, -0.15) is 0 Å². The number of ether oxygens (including phenoxy) is 2. The van der Waals surface area contributed by atoms with E-state index in [2.05, 4.69) is 20.4 Å². The largest absolute Gasteiger partial charge is 0.497 e. The number of aromatic nitrogens is 4. The van der Waals surface area contributed by atoms with Gasteiger partial charge in [-0.3, -0.25) is 4.79 Å². The van der Waals surface area contributed by atoms with Crippen LogP contribution in [-0.2, 0) is 13.2 Å². The second kappa shape index (κ2) is 9.46. The van der Waals surface area contributed by atoms with Crippen LogP contribution in [0.1, 0.15) is 23.1 Å². The Morgan fingerprint density at radius 2 is 1.81 bits per heavy atom. The average molecular weight is 422 g/mol. The fourth-order valence-corrected chi connectivity index (χ4v) is 3.58. The van der Waals surface area contributed by atoms with Gasteiger partial charge < -0.3 is 19.3 Å². The Morgan fingerprint density at radius 1 is 1.03 bits per heavy atom. The number of methoxy groups -OCH3 is 1. The molecule has 0 atom stereocenters. The number of aryl methyl sites for hydroxylation is 1. The fourth-order valence-electron chi connectivity index (χ4n) is 3.58. The van der Waals surface area contributed by atoms with Crippen molar-refractivity contribution in [2.24, 2.45) is 0 Å². The second-order valence-corrected chi connectivity index (χ2v) is 7.20. The van der Waals surface area contributed by atoms with Crippen molar-refractivity contribution >= 4 is 11.6 Å². The summed E-state index contributed by atoms with van der Waals surface area (Å²) in [6.45, 7) is 5.80. The highest BCUT2D eigenvalue weighted by atomic mass is 16.5. The molecular weight excluding hydrogens is 396 g/mol. The Bertz CT molecular complexity index is 1010. The molecule has 1 aliphatic heterocycles. The van der Waals surface area contributed by atoms with E-state index < -0.39 is 0 Å². The van der Waals surface area contributed by atoms with E-state index in [4.69, 9.17) is 9.47 Å². The maximum atomic E-state index is 13.0. The van der Waals surface area contributed by atoms with Crippen LogP contribution in [0.2, 0.25) is 0 Å². The van der Waals surface area contributed by atoms with Gasteiger partial charge in [-0.1, -0.05) is 6.07 Å². The average Bonchev–Trinajstić information content (AvgIpc) is 3.30. The third-order valence-electron chi connectivity index (χ3n) is 5.36. The number of piperazine rings is 1. The summed E-state index contributed by atoms with van der Waals surface area (Å²) in [5, 5.41) is 11.5. The van der Waals surface area contributed by atoms with Gasteiger partial charge in [-0.25, -0.2) is 4.68 Å². The van der Waals surface area contributed by atoms with E-state index in [1.165, 1.54) is 0 Å². The zero-order valence-electron chi connectivity index (χ0n) is 17.8. The molecule has 9 nitrogen and oxygen atoms in total. The number of carbonyl (C=O) groups is 1. The highest BCUT2D eigenvalue weighted by Gasteiger charge is 2.22. The topological polar surface area (TPSA) is 85.6 Å². The highest BCUT2D eigenvalue weighted by molar-refractivity contribution is 5.94.